The highest BCUT2D eigenvalue weighted by atomic mass is 32.2. The Balaban J connectivity index is 2.74. The molecule has 0 spiro atoms. The topological polar surface area (TPSA) is 86.3 Å². The molecule has 0 radical (unpaired) electrons. The fourth-order valence-corrected chi connectivity index (χ4v) is 2.92. The fourth-order valence-electron chi connectivity index (χ4n) is 1.51. The Hall–Kier alpha value is -1.40. The molecular formula is C12H16NO4S-. The Morgan fingerprint density at radius 1 is 1.33 bits per heavy atom. The first-order valence-electron chi connectivity index (χ1n) is 5.59. The molecule has 0 heterocycles. The van der Waals surface area contributed by atoms with Gasteiger partial charge >= 0.3 is 0 Å². The van der Waals surface area contributed by atoms with Crippen molar-refractivity contribution in [2.24, 2.45) is 0 Å². The van der Waals surface area contributed by atoms with E-state index in [0.29, 0.717) is 5.56 Å². The summed E-state index contributed by atoms with van der Waals surface area (Å²) in [7, 11) is -3.57. The zero-order valence-corrected chi connectivity index (χ0v) is 11.2. The number of rotatable bonds is 6. The highest BCUT2D eigenvalue weighted by Gasteiger charge is 2.15. The van der Waals surface area contributed by atoms with Gasteiger partial charge < -0.3 is 9.90 Å². The number of aryl methyl sites for hydroxylation is 2. The van der Waals surface area contributed by atoms with Crippen molar-refractivity contribution in [1.82, 2.24) is 4.72 Å². The molecule has 0 aliphatic carbocycles. The third-order valence-corrected chi connectivity index (χ3v) is 4.09. The largest absolute Gasteiger partial charge is 0.550 e. The monoisotopic (exact) mass is 270 g/mol. The third kappa shape index (κ3) is 4.12. The van der Waals surface area contributed by atoms with Gasteiger partial charge in [0.05, 0.1) is 4.90 Å². The highest BCUT2D eigenvalue weighted by Crippen LogP contribution is 2.16. The SMILES string of the molecule is Cc1ccc(C)c(S(=O)(=O)NCCCC(=O)[O-])c1. The Labute approximate surface area is 107 Å². The van der Waals surface area contributed by atoms with Gasteiger partial charge in [0, 0.05) is 12.5 Å². The van der Waals surface area contributed by atoms with Gasteiger partial charge in [-0.1, -0.05) is 12.1 Å². The first-order valence-corrected chi connectivity index (χ1v) is 7.08. The minimum Gasteiger partial charge on any atom is -0.550 e. The maximum absolute atomic E-state index is 12.0. The standard InChI is InChI=1S/C12H17NO4S/c1-9-5-6-10(2)11(8-9)18(16,17)13-7-3-4-12(14)15/h5-6,8,13H,3-4,7H2,1-2H3,(H,14,15)/p-1. The molecule has 100 valence electrons. The molecule has 6 heteroatoms. The summed E-state index contributed by atoms with van der Waals surface area (Å²) in [6, 6.07) is 5.17. The maximum Gasteiger partial charge on any atom is 0.240 e. The van der Waals surface area contributed by atoms with E-state index in [1.807, 2.05) is 13.0 Å². The van der Waals surface area contributed by atoms with Crippen molar-refractivity contribution in [3.8, 4) is 0 Å². The smallest absolute Gasteiger partial charge is 0.240 e. The molecule has 1 aromatic carbocycles. The highest BCUT2D eigenvalue weighted by molar-refractivity contribution is 7.89. The van der Waals surface area contributed by atoms with Crippen molar-refractivity contribution in [3.63, 3.8) is 0 Å². The number of carboxylic acid groups (broad SMARTS) is 1. The van der Waals surface area contributed by atoms with Crippen LogP contribution in [0.2, 0.25) is 0 Å². The zero-order chi connectivity index (χ0) is 13.8. The van der Waals surface area contributed by atoms with E-state index < -0.39 is 16.0 Å². The van der Waals surface area contributed by atoms with Gasteiger partial charge in [-0.05, 0) is 43.9 Å². The molecule has 0 bridgehead atoms. The lowest BCUT2D eigenvalue weighted by Crippen LogP contribution is -2.28. The summed E-state index contributed by atoms with van der Waals surface area (Å²) in [5.74, 6) is -1.18. The molecule has 0 atom stereocenters. The summed E-state index contributed by atoms with van der Waals surface area (Å²) >= 11 is 0. The first-order chi connectivity index (χ1) is 8.33. The molecule has 0 aromatic heterocycles. The number of hydrogen-bond acceptors (Lipinski definition) is 4. The van der Waals surface area contributed by atoms with Gasteiger partial charge in [0.25, 0.3) is 0 Å². The molecule has 5 nitrogen and oxygen atoms in total. The van der Waals surface area contributed by atoms with E-state index in [-0.39, 0.29) is 24.3 Å². The average Bonchev–Trinajstić information content (AvgIpc) is 2.27. The van der Waals surface area contributed by atoms with Crippen molar-refractivity contribution in [1.29, 1.82) is 0 Å². The van der Waals surface area contributed by atoms with Gasteiger partial charge in [0.1, 0.15) is 0 Å². The predicted octanol–water partition coefficient (Wildman–Crippen LogP) is 0.112. The molecule has 18 heavy (non-hydrogen) atoms. The third-order valence-electron chi connectivity index (χ3n) is 2.48. The van der Waals surface area contributed by atoms with Crippen molar-refractivity contribution < 1.29 is 18.3 Å². The lowest BCUT2D eigenvalue weighted by atomic mass is 10.2. The summed E-state index contributed by atoms with van der Waals surface area (Å²) in [6.45, 7) is 3.62. The summed E-state index contributed by atoms with van der Waals surface area (Å²) in [5.41, 5.74) is 1.52. The number of hydrogen-bond donors (Lipinski definition) is 1. The van der Waals surface area contributed by atoms with E-state index in [1.54, 1.807) is 19.1 Å². The quantitative estimate of drug-likeness (QED) is 0.743. The van der Waals surface area contributed by atoms with Gasteiger partial charge in [-0.25, -0.2) is 13.1 Å². The molecule has 1 N–H and O–H groups in total. The molecule has 0 aliphatic heterocycles. The number of nitrogens with one attached hydrogen (secondary N) is 1. The summed E-state index contributed by atoms with van der Waals surface area (Å²) in [6.07, 6.45) is 0.0573. The van der Waals surface area contributed by atoms with E-state index in [0.717, 1.165) is 5.56 Å². The van der Waals surface area contributed by atoms with E-state index in [4.69, 9.17) is 0 Å². The molecule has 0 amide bonds. The molecule has 0 aliphatic rings. The lowest BCUT2D eigenvalue weighted by Gasteiger charge is -2.10. The fraction of sp³-hybridized carbons (Fsp3) is 0.417. The number of sulfonamides is 1. The van der Waals surface area contributed by atoms with Crippen LogP contribution < -0.4 is 9.83 Å². The second-order valence-corrected chi connectivity index (χ2v) is 5.88. The van der Waals surface area contributed by atoms with Crippen LogP contribution in [0, 0.1) is 13.8 Å². The summed E-state index contributed by atoms with van der Waals surface area (Å²) in [5, 5.41) is 10.2. The number of carbonyl (C=O) groups is 1. The van der Waals surface area contributed by atoms with Crippen LogP contribution in [0.1, 0.15) is 24.0 Å². The lowest BCUT2D eigenvalue weighted by molar-refractivity contribution is -0.305. The first kappa shape index (κ1) is 14.7. The number of carboxylic acids is 1. The van der Waals surface area contributed by atoms with Gasteiger partial charge in [0.15, 0.2) is 0 Å². The van der Waals surface area contributed by atoms with Crippen LogP contribution >= 0.6 is 0 Å². The van der Waals surface area contributed by atoms with Crippen molar-refractivity contribution >= 4 is 16.0 Å². The van der Waals surface area contributed by atoms with Crippen LogP contribution in [-0.2, 0) is 14.8 Å². The van der Waals surface area contributed by atoms with Crippen molar-refractivity contribution in [2.75, 3.05) is 6.54 Å². The summed E-state index contributed by atoms with van der Waals surface area (Å²) < 4.78 is 26.3. The average molecular weight is 270 g/mol. The second kappa shape index (κ2) is 5.97. The van der Waals surface area contributed by atoms with Crippen molar-refractivity contribution in [2.45, 2.75) is 31.6 Å². The molecule has 0 saturated carbocycles. The second-order valence-electron chi connectivity index (χ2n) is 4.14. The van der Waals surface area contributed by atoms with E-state index in [1.165, 1.54) is 0 Å². The predicted molar refractivity (Wildman–Crippen MR) is 65.3 cm³/mol. The number of carbonyl (C=O) groups excluding carboxylic acids is 1. The molecule has 0 unspecified atom stereocenters. The van der Waals surface area contributed by atoms with Crippen molar-refractivity contribution in [3.05, 3.63) is 29.3 Å². The molecule has 0 saturated heterocycles. The number of benzene rings is 1. The Morgan fingerprint density at radius 2 is 2.00 bits per heavy atom. The van der Waals surface area contributed by atoms with Gasteiger partial charge in [0.2, 0.25) is 10.0 Å². The maximum atomic E-state index is 12.0. The normalized spacial score (nSPS) is 11.4. The van der Waals surface area contributed by atoms with Crippen LogP contribution in [0.15, 0.2) is 23.1 Å². The summed E-state index contributed by atoms with van der Waals surface area (Å²) in [4.78, 5) is 10.4. The van der Waals surface area contributed by atoms with Crippen LogP contribution in [-0.4, -0.2) is 20.9 Å². The molecular weight excluding hydrogens is 254 g/mol. The Bertz CT molecular complexity index is 537. The minimum absolute atomic E-state index is 0.0870. The van der Waals surface area contributed by atoms with Gasteiger partial charge in [-0.15, -0.1) is 0 Å². The molecule has 1 rings (SSSR count). The minimum atomic E-state index is -3.57. The van der Waals surface area contributed by atoms with E-state index in [9.17, 15) is 18.3 Å². The van der Waals surface area contributed by atoms with E-state index in [2.05, 4.69) is 4.72 Å². The number of aliphatic carboxylic acids is 1. The molecule has 0 fully saturated rings. The van der Waals surface area contributed by atoms with Crippen LogP contribution in [0.4, 0.5) is 0 Å². The van der Waals surface area contributed by atoms with E-state index >= 15 is 0 Å². The molecule has 1 aromatic rings. The Kier molecular flexibility index (Phi) is 4.86. The Morgan fingerprint density at radius 3 is 2.61 bits per heavy atom. The van der Waals surface area contributed by atoms with Crippen LogP contribution in [0.3, 0.4) is 0 Å². The van der Waals surface area contributed by atoms with Crippen LogP contribution in [0.25, 0.3) is 0 Å². The van der Waals surface area contributed by atoms with Gasteiger partial charge in [-0.2, -0.15) is 0 Å². The van der Waals surface area contributed by atoms with Crippen LogP contribution in [0.5, 0.6) is 0 Å². The van der Waals surface area contributed by atoms with Gasteiger partial charge in [-0.3, -0.25) is 0 Å². The zero-order valence-electron chi connectivity index (χ0n) is 10.4.